The van der Waals surface area contributed by atoms with Crippen molar-refractivity contribution in [2.45, 2.75) is 24.9 Å². The van der Waals surface area contributed by atoms with Gasteiger partial charge < -0.3 is 30.3 Å². The zero-order valence-corrected chi connectivity index (χ0v) is 14.7. The van der Waals surface area contributed by atoms with Crippen LogP contribution < -0.4 is 5.73 Å². The summed E-state index contributed by atoms with van der Waals surface area (Å²) in [5, 5.41) is 10.1. The van der Waals surface area contributed by atoms with E-state index in [2.05, 4.69) is 23.8 Å². The standard InChI is InChI=1S/C10H15N5O9P2/c11-9-8-10(13-3-12-9)15(4-14-8)7-1-5(16)6(23-7)2-22-26(20,21)24-25(17,18)19/h3-7,16H,1-2H2,(H,20,21)(H2,11,12,13)(H2,17,18,19)/t5-,6-,7-/m1/s1. The van der Waals surface area contributed by atoms with Gasteiger partial charge in [-0.3, -0.25) is 9.09 Å². The fourth-order valence-corrected chi connectivity index (χ4v) is 4.04. The molecule has 1 unspecified atom stereocenters. The van der Waals surface area contributed by atoms with Gasteiger partial charge in [0, 0.05) is 6.42 Å². The number of anilines is 1. The van der Waals surface area contributed by atoms with E-state index >= 15 is 0 Å². The smallest absolute Gasteiger partial charge is 0.390 e. The van der Waals surface area contributed by atoms with Crippen LogP contribution in [-0.4, -0.2) is 58.1 Å². The van der Waals surface area contributed by atoms with Crippen LogP contribution in [0, 0.1) is 0 Å². The normalized spacial score (nSPS) is 26.2. The van der Waals surface area contributed by atoms with Gasteiger partial charge in [0.25, 0.3) is 0 Å². The van der Waals surface area contributed by atoms with Crippen LogP contribution in [0.5, 0.6) is 0 Å². The van der Waals surface area contributed by atoms with Crippen LogP contribution in [0.1, 0.15) is 12.6 Å². The van der Waals surface area contributed by atoms with Gasteiger partial charge in [0.05, 0.1) is 19.0 Å². The average molecular weight is 411 g/mol. The minimum atomic E-state index is -5.23. The number of aliphatic hydroxyl groups excluding tert-OH is 1. The summed E-state index contributed by atoms with van der Waals surface area (Å²) in [6.07, 6.45) is -0.158. The third kappa shape index (κ3) is 4.26. The Morgan fingerprint density at radius 3 is 2.73 bits per heavy atom. The molecule has 1 fully saturated rings. The SMILES string of the molecule is Nc1ncnc2c1ncn2[C@H]1C[C@@H](O)[C@@H](COP(=O)(O)OP(=O)(O)O)O1. The molecule has 0 saturated carbocycles. The first-order valence-corrected chi connectivity index (χ1v) is 10.1. The van der Waals surface area contributed by atoms with Crippen molar-refractivity contribution >= 4 is 32.6 Å². The molecule has 0 bridgehead atoms. The molecule has 3 heterocycles. The van der Waals surface area contributed by atoms with Crippen molar-refractivity contribution in [3.8, 4) is 0 Å². The van der Waals surface area contributed by atoms with Gasteiger partial charge in [-0.15, -0.1) is 0 Å². The molecule has 4 atom stereocenters. The number of imidazole rings is 1. The second-order valence-electron chi connectivity index (χ2n) is 5.35. The van der Waals surface area contributed by atoms with E-state index in [4.69, 9.17) is 20.3 Å². The highest BCUT2D eigenvalue weighted by Gasteiger charge is 2.39. The van der Waals surface area contributed by atoms with Crippen LogP contribution in [-0.2, 0) is 22.7 Å². The van der Waals surface area contributed by atoms with E-state index in [1.54, 1.807) is 0 Å². The highest BCUT2D eigenvalue weighted by atomic mass is 31.3. The van der Waals surface area contributed by atoms with E-state index in [1.165, 1.54) is 17.2 Å². The Kier molecular flexibility index (Phi) is 5.14. The lowest BCUT2D eigenvalue weighted by atomic mass is 10.2. The van der Waals surface area contributed by atoms with Gasteiger partial charge in [-0.2, -0.15) is 4.31 Å². The first-order chi connectivity index (χ1) is 12.1. The predicted octanol–water partition coefficient (Wildman–Crippen LogP) is -0.717. The van der Waals surface area contributed by atoms with Crippen LogP contribution in [0.2, 0.25) is 0 Å². The second-order valence-corrected chi connectivity index (χ2v) is 8.18. The quantitative estimate of drug-likeness (QED) is 0.372. The van der Waals surface area contributed by atoms with Gasteiger partial charge in [-0.25, -0.2) is 24.1 Å². The Hall–Kier alpha value is -1.47. The number of nitrogens with zero attached hydrogens (tertiary/aromatic N) is 4. The molecule has 2 aromatic rings. The Balaban J connectivity index is 1.69. The van der Waals surface area contributed by atoms with Crippen molar-refractivity contribution in [1.82, 2.24) is 19.5 Å². The van der Waals surface area contributed by atoms with Crippen LogP contribution >= 0.6 is 15.6 Å². The molecule has 1 saturated heterocycles. The summed E-state index contributed by atoms with van der Waals surface area (Å²) in [7, 11) is -10.3. The Labute approximate surface area is 145 Å². The first kappa shape index (κ1) is 19.3. The van der Waals surface area contributed by atoms with E-state index < -0.39 is 40.7 Å². The third-order valence-corrected chi connectivity index (χ3v) is 5.66. The molecule has 2 aromatic heterocycles. The number of nitrogen functional groups attached to an aromatic ring is 1. The summed E-state index contributed by atoms with van der Waals surface area (Å²) in [6, 6.07) is 0. The van der Waals surface area contributed by atoms with Crippen LogP contribution in [0.3, 0.4) is 0 Å². The van der Waals surface area contributed by atoms with Crippen LogP contribution in [0.25, 0.3) is 11.2 Å². The molecular weight excluding hydrogens is 396 g/mol. The van der Waals surface area contributed by atoms with Gasteiger partial charge in [0.15, 0.2) is 11.5 Å². The van der Waals surface area contributed by atoms with Crippen molar-refractivity contribution in [3.63, 3.8) is 0 Å². The molecule has 1 aliphatic rings. The molecule has 144 valence electrons. The zero-order chi connectivity index (χ0) is 19.1. The van der Waals surface area contributed by atoms with Crippen molar-refractivity contribution in [3.05, 3.63) is 12.7 Å². The van der Waals surface area contributed by atoms with E-state index in [1.807, 2.05) is 0 Å². The molecule has 26 heavy (non-hydrogen) atoms. The van der Waals surface area contributed by atoms with Crippen molar-refractivity contribution in [2.24, 2.45) is 0 Å². The van der Waals surface area contributed by atoms with Crippen molar-refractivity contribution < 1.29 is 42.5 Å². The van der Waals surface area contributed by atoms with E-state index in [0.29, 0.717) is 11.2 Å². The molecule has 0 aliphatic carbocycles. The highest BCUT2D eigenvalue weighted by molar-refractivity contribution is 7.60. The lowest BCUT2D eigenvalue weighted by Crippen LogP contribution is -2.26. The molecule has 6 N–H and O–H groups in total. The maximum absolute atomic E-state index is 11.5. The number of aliphatic hydroxyl groups is 1. The van der Waals surface area contributed by atoms with E-state index in [9.17, 15) is 19.1 Å². The van der Waals surface area contributed by atoms with E-state index in [0.717, 1.165) is 0 Å². The number of phosphoric acid groups is 2. The maximum atomic E-state index is 11.5. The maximum Gasteiger partial charge on any atom is 0.481 e. The van der Waals surface area contributed by atoms with Crippen LogP contribution in [0.15, 0.2) is 12.7 Å². The first-order valence-electron chi connectivity index (χ1n) is 7.06. The number of rotatable bonds is 6. The summed E-state index contributed by atoms with van der Waals surface area (Å²) < 4.78 is 37.3. The van der Waals surface area contributed by atoms with Gasteiger partial charge in [0.2, 0.25) is 0 Å². The van der Waals surface area contributed by atoms with E-state index in [-0.39, 0.29) is 12.2 Å². The fraction of sp³-hybridized carbons (Fsp3) is 0.500. The molecule has 3 rings (SSSR count). The fourth-order valence-electron chi connectivity index (χ4n) is 2.44. The minimum absolute atomic E-state index is 0.0818. The molecule has 0 amide bonds. The summed E-state index contributed by atoms with van der Waals surface area (Å²) in [6.45, 7) is -0.644. The van der Waals surface area contributed by atoms with Gasteiger partial charge in [-0.05, 0) is 0 Å². The van der Waals surface area contributed by atoms with Gasteiger partial charge in [0.1, 0.15) is 24.2 Å². The lowest BCUT2D eigenvalue weighted by Gasteiger charge is -2.18. The Bertz CT molecular complexity index is 900. The third-order valence-electron chi connectivity index (χ3n) is 3.51. The average Bonchev–Trinajstić information content (AvgIpc) is 3.07. The molecule has 0 radical (unpaired) electrons. The lowest BCUT2D eigenvalue weighted by molar-refractivity contribution is -0.0423. The summed E-state index contributed by atoms with van der Waals surface area (Å²) in [5.74, 6) is 0.169. The summed E-state index contributed by atoms with van der Waals surface area (Å²) in [5.41, 5.74) is 6.41. The van der Waals surface area contributed by atoms with Gasteiger partial charge in [-0.1, -0.05) is 0 Å². The summed E-state index contributed by atoms with van der Waals surface area (Å²) >= 11 is 0. The minimum Gasteiger partial charge on any atom is -0.390 e. The Morgan fingerprint density at radius 1 is 1.31 bits per heavy atom. The highest BCUT2D eigenvalue weighted by Crippen LogP contribution is 2.57. The van der Waals surface area contributed by atoms with Crippen molar-refractivity contribution in [1.29, 1.82) is 0 Å². The molecule has 0 spiro atoms. The monoisotopic (exact) mass is 411 g/mol. The molecule has 0 aromatic carbocycles. The number of aromatic nitrogens is 4. The summed E-state index contributed by atoms with van der Waals surface area (Å²) in [4.78, 5) is 38.3. The van der Waals surface area contributed by atoms with Crippen LogP contribution in [0.4, 0.5) is 5.82 Å². The Morgan fingerprint density at radius 2 is 2.04 bits per heavy atom. The molecule has 1 aliphatic heterocycles. The number of phosphoric ester groups is 1. The largest absolute Gasteiger partial charge is 0.481 e. The number of ether oxygens (including phenoxy) is 1. The topological polar surface area (TPSA) is 212 Å². The number of hydrogen-bond acceptors (Lipinski definition) is 10. The molecular formula is C10H15N5O9P2. The number of fused-ring (bicyclic) bond motifs is 1. The predicted molar refractivity (Wildman–Crippen MR) is 83.2 cm³/mol. The van der Waals surface area contributed by atoms with Gasteiger partial charge >= 0.3 is 15.6 Å². The number of hydrogen-bond donors (Lipinski definition) is 5. The molecule has 16 heteroatoms. The molecule has 14 nitrogen and oxygen atoms in total. The second kappa shape index (κ2) is 6.93. The van der Waals surface area contributed by atoms with Crippen molar-refractivity contribution in [2.75, 3.05) is 12.3 Å². The number of nitrogens with two attached hydrogens (primary N) is 1. The zero-order valence-electron chi connectivity index (χ0n) is 12.9.